The van der Waals surface area contributed by atoms with Gasteiger partial charge in [-0.25, -0.2) is 4.98 Å². The fraction of sp³-hybridized carbons (Fsp3) is 0.154. The van der Waals surface area contributed by atoms with Crippen molar-refractivity contribution in [3.8, 4) is 23.1 Å². The first kappa shape index (κ1) is 15.0. The molecule has 0 aliphatic heterocycles. The minimum absolute atomic E-state index is 0.0119. The molecule has 0 saturated heterocycles. The predicted molar refractivity (Wildman–Crippen MR) is 73.4 cm³/mol. The van der Waals surface area contributed by atoms with Crippen LogP contribution in [0.4, 0.5) is 8.78 Å². The number of halogens is 2. The van der Waals surface area contributed by atoms with Gasteiger partial charge < -0.3 is 9.72 Å². The molecule has 1 aromatic carbocycles. The van der Waals surface area contributed by atoms with Crippen LogP contribution in [0.1, 0.15) is 5.56 Å². The van der Waals surface area contributed by atoms with Crippen molar-refractivity contribution in [3.63, 3.8) is 0 Å². The van der Waals surface area contributed by atoms with E-state index in [1.807, 2.05) is 0 Å². The summed E-state index contributed by atoms with van der Waals surface area (Å²) in [6, 6.07) is 7.37. The largest absolute Gasteiger partial charge is 0.435 e. The smallest absolute Gasteiger partial charge is 0.387 e. The molecular formula is C13H9F2N3O2S. The highest BCUT2D eigenvalue weighted by Crippen LogP contribution is 2.24. The average molecular weight is 309 g/mol. The predicted octanol–water partition coefficient (Wildman–Crippen LogP) is 2.63. The zero-order valence-electron chi connectivity index (χ0n) is 10.8. The summed E-state index contributed by atoms with van der Waals surface area (Å²) in [5.74, 6) is -0.0119. The number of ether oxygens (including phenoxy) is 1. The van der Waals surface area contributed by atoms with Gasteiger partial charge in [0.15, 0.2) is 5.16 Å². The Morgan fingerprint density at radius 2 is 2.05 bits per heavy atom. The van der Waals surface area contributed by atoms with E-state index in [0.717, 1.165) is 0 Å². The van der Waals surface area contributed by atoms with E-state index in [9.17, 15) is 13.6 Å². The normalized spacial score (nSPS) is 10.4. The van der Waals surface area contributed by atoms with Crippen molar-refractivity contribution in [1.29, 1.82) is 5.26 Å². The Bertz CT molecular complexity index is 739. The van der Waals surface area contributed by atoms with E-state index in [1.165, 1.54) is 36.0 Å². The zero-order valence-corrected chi connectivity index (χ0v) is 11.6. The van der Waals surface area contributed by atoms with Gasteiger partial charge in [-0.15, -0.1) is 0 Å². The molecule has 1 aromatic heterocycles. The average Bonchev–Trinajstić information content (AvgIpc) is 2.46. The van der Waals surface area contributed by atoms with E-state index in [2.05, 4.69) is 14.7 Å². The third-order valence-corrected chi connectivity index (χ3v) is 3.14. The van der Waals surface area contributed by atoms with Gasteiger partial charge in [-0.3, -0.25) is 4.79 Å². The number of alkyl halides is 2. The minimum atomic E-state index is -2.91. The van der Waals surface area contributed by atoms with E-state index in [-0.39, 0.29) is 17.0 Å². The standard InChI is InChI=1S/C13H9F2N3O2S/c1-21-13-17-10(9(6-16)11(19)18-13)7-2-4-8(5-3-7)20-12(14)15/h2-5,12H,1H3,(H,17,18,19). The van der Waals surface area contributed by atoms with Crippen LogP contribution in [0.5, 0.6) is 5.75 Å². The van der Waals surface area contributed by atoms with Crippen LogP contribution < -0.4 is 10.3 Å². The van der Waals surface area contributed by atoms with Gasteiger partial charge in [0.25, 0.3) is 5.56 Å². The number of H-pyrrole nitrogens is 1. The quantitative estimate of drug-likeness (QED) is 0.694. The third-order valence-electron chi connectivity index (χ3n) is 2.56. The van der Waals surface area contributed by atoms with E-state index in [1.54, 1.807) is 12.3 Å². The number of rotatable bonds is 4. The lowest BCUT2D eigenvalue weighted by Crippen LogP contribution is -2.14. The third kappa shape index (κ3) is 3.38. The Labute approximate surface area is 122 Å². The lowest BCUT2D eigenvalue weighted by molar-refractivity contribution is -0.0498. The van der Waals surface area contributed by atoms with Crippen molar-refractivity contribution in [2.75, 3.05) is 6.26 Å². The van der Waals surface area contributed by atoms with Gasteiger partial charge in [0.05, 0.1) is 5.69 Å². The van der Waals surface area contributed by atoms with Crippen molar-refractivity contribution in [1.82, 2.24) is 9.97 Å². The fourth-order valence-electron chi connectivity index (χ4n) is 1.66. The first-order valence-electron chi connectivity index (χ1n) is 5.68. The Morgan fingerprint density at radius 1 is 1.38 bits per heavy atom. The number of thioether (sulfide) groups is 1. The van der Waals surface area contributed by atoms with Crippen LogP contribution in [-0.2, 0) is 0 Å². The molecule has 0 aliphatic rings. The minimum Gasteiger partial charge on any atom is -0.435 e. The van der Waals surface area contributed by atoms with Crippen LogP contribution in [0, 0.1) is 11.3 Å². The summed E-state index contributed by atoms with van der Waals surface area (Å²) in [4.78, 5) is 18.4. The number of aromatic amines is 1. The lowest BCUT2D eigenvalue weighted by Gasteiger charge is -2.07. The Kier molecular flexibility index (Phi) is 4.55. The molecule has 0 radical (unpaired) electrons. The summed E-state index contributed by atoms with van der Waals surface area (Å²) in [7, 11) is 0. The molecule has 0 saturated carbocycles. The summed E-state index contributed by atoms with van der Waals surface area (Å²) in [6.07, 6.45) is 1.73. The molecule has 1 heterocycles. The number of hydrogen-bond acceptors (Lipinski definition) is 5. The molecule has 0 atom stereocenters. The van der Waals surface area contributed by atoms with Crippen LogP contribution in [0.15, 0.2) is 34.2 Å². The van der Waals surface area contributed by atoms with E-state index in [4.69, 9.17) is 5.26 Å². The van der Waals surface area contributed by atoms with Gasteiger partial charge >= 0.3 is 6.61 Å². The van der Waals surface area contributed by atoms with E-state index < -0.39 is 12.2 Å². The molecule has 0 spiro atoms. The molecule has 21 heavy (non-hydrogen) atoms. The van der Waals surface area contributed by atoms with Gasteiger partial charge in [0.2, 0.25) is 0 Å². The Hall–Kier alpha value is -2.40. The summed E-state index contributed by atoms with van der Waals surface area (Å²) >= 11 is 1.22. The van der Waals surface area contributed by atoms with E-state index in [0.29, 0.717) is 10.7 Å². The SMILES string of the molecule is CSc1nc(-c2ccc(OC(F)F)cc2)c(C#N)c(=O)[nH]1. The lowest BCUT2D eigenvalue weighted by atomic mass is 10.1. The summed E-state index contributed by atoms with van der Waals surface area (Å²) < 4.78 is 28.4. The number of benzene rings is 1. The molecule has 0 unspecified atom stereocenters. The molecule has 0 bridgehead atoms. The van der Waals surface area contributed by atoms with Crippen molar-refractivity contribution in [3.05, 3.63) is 40.2 Å². The maximum atomic E-state index is 12.1. The van der Waals surface area contributed by atoms with Gasteiger partial charge in [-0.2, -0.15) is 14.0 Å². The Balaban J connectivity index is 2.48. The second kappa shape index (κ2) is 6.37. The highest BCUT2D eigenvalue weighted by molar-refractivity contribution is 7.98. The Morgan fingerprint density at radius 3 is 2.57 bits per heavy atom. The molecule has 5 nitrogen and oxygen atoms in total. The van der Waals surface area contributed by atoms with Crippen LogP contribution in [-0.4, -0.2) is 22.8 Å². The first-order chi connectivity index (χ1) is 10.0. The number of hydrogen-bond donors (Lipinski definition) is 1. The molecule has 0 aliphatic carbocycles. The second-order valence-corrected chi connectivity index (χ2v) is 4.61. The fourth-order valence-corrected chi connectivity index (χ4v) is 2.03. The summed E-state index contributed by atoms with van der Waals surface area (Å²) in [5.41, 5.74) is -0.00107. The maximum Gasteiger partial charge on any atom is 0.387 e. The highest BCUT2D eigenvalue weighted by atomic mass is 32.2. The summed E-state index contributed by atoms with van der Waals surface area (Å²) in [5, 5.41) is 9.42. The van der Waals surface area contributed by atoms with Gasteiger partial charge in [-0.05, 0) is 30.5 Å². The van der Waals surface area contributed by atoms with Crippen LogP contribution in [0.3, 0.4) is 0 Å². The molecule has 108 valence electrons. The number of nitrogens with one attached hydrogen (secondary N) is 1. The van der Waals surface area contributed by atoms with Crippen LogP contribution in [0.2, 0.25) is 0 Å². The highest BCUT2D eigenvalue weighted by Gasteiger charge is 2.13. The maximum absolute atomic E-state index is 12.1. The molecule has 0 amide bonds. The van der Waals surface area contributed by atoms with Crippen molar-refractivity contribution in [2.24, 2.45) is 0 Å². The van der Waals surface area contributed by atoms with Crippen molar-refractivity contribution >= 4 is 11.8 Å². The van der Waals surface area contributed by atoms with E-state index >= 15 is 0 Å². The van der Waals surface area contributed by atoms with Crippen LogP contribution >= 0.6 is 11.8 Å². The van der Waals surface area contributed by atoms with Gasteiger partial charge in [0, 0.05) is 5.56 Å². The van der Waals surface area contributed by atoms with Crippen molar-refractivity contribution < 1.29 is 13.5 Å². The second-order valence-electron chi connectivity index (χ2n) is 3.81. The molecule has 0 fully saturated rings. The zero-order chi connectivity index (χ0) is 15.4. The molecule has 2 aromatic rings. The molecule has 8 heteroatoms. The number of aromatic nitrogens is 2. The molecule has 1 N–H and O–H groups in total. The summed E-state index contributed by atoms with van der Waals surface area (Å²) in [6.45, 7) is -2.91. The van der Waals surface area contributed by atoms with Gasteiger partial charge in [0.1, 0.15) is 17.4 Å². The monoisotopic (exact) mass is 309 g/mol. The van der Waals surface area contributed by atoms with Gasteiger partial charge in [-0.1, -0.05) is 11.8 Å². The molecule has 2 rings (SSSR count). The van der Waals surface area contributed by atoms with Crippen molar-refractivity contribution in [2.45, 2.75) is 11.8 Å². The number of nitrogens with zero attached hydrogens (tertiary/aromatic N) is 2. The van der Waals surface area contributed by atoms with Crippen LogP contribution in [0.25, 0.3) is 11.3 Å². The molecular weight excluding hydrogens is 300 g/mol. The number of nitriles is 1. The first-order valence-corrected chi connectivity index (χ1v) is 6.91. The topological polar surface area (TPSA) is 78.8 Å².